The molecule has 20 heavy (non-hydrogen) atoms. The molecule has 0 unspecified atom stereocenters. The van der Waals surface area contributed by atoms with Gasteiger partial charge < -0.3 is 14.8 Å². The van der Waals surface area contributed by atoms with Gasteiger partial charge in [0.1, 0.15) is 0 Å². The fraction of sp³-hybridized carbons (Fsp3) is 0.357. The summed E-state index contributed by atoms with van der Waals surface area (Å²) in [6.45, 7) is 2.47. The van der Waals surface area contributed by atoms with E-state index in [1.54, 1.807) is 11.2 Å². The third-order valence-electron chi connectivity index (χ3n) is 3.66. The van der Waals surface area contributed by atoms with Gasteiger partial charge in [-0.3, -0.25) is 9.59 Å². The maximum atomic E-state index is 12.2. The second-order valence-electron chi connectivity index (χ2n) is 4.95. The molecule has 1 fully saturated rings. The van der Waals surface area contributed by atoms with Crippen LogP contribution in [0.2, 0.25) is 0 Å². The lowest BCUT2D eigenvalue weighted by Crippen LogP contribution is -2.48. The Morgan fingerprint density at radius 3 is 2.85 bits per heavy atom. The molecule has 6 nitrogen and oxygen atoms in total. The monoisotopic (exact) mass is 272 g/mol. The van der Waals surface area contributed by atoms with Crippen LogP contribution >= 0.6 is 0 Å². The minimum atomic E-state index is 0.106. The predicted molar refractivity (Wildman–Crippen MR) is 74.0 cm³/mol. The van der Waals surface area contributed by atoms with Crippen molar-refractivity contribution >= 4 is 23.4 Å². The minimum Gasteiger partial charge on any atom is -0.345 e. The standard InChI is InChI=1S/C14H16N4O2/c19-10-17-3-5-18(6-4-17)14(20)8-11-1-2-12-13(7-11)16-9-15-12/h1-2,7,9-10H,3-6,8H2,(H,15,16). The van der Waals surface area contributed by atoms with E-state index in [2.05, 4.69) is 9.97 Å². The zero-order valence-electron chi connectivity index (χ0n) is 11.1. The molecular weight excluding hydrogens is 256 g/mol. The number of nitrogens with zero attached hydrogens (tertiary/aromatic N) is 3. The Kier molecular flexibility index (Phi) is 3.37. The second kappa shape index (κ2) is 5.32. The van der Waals surface area contributed by atoms with E-state index in [4.69, 9.17) is 0 Å². The Labute approximate surface area is 116 Å². The number of carbonyl (C=O) groups excluding carboxylic acids is 2. The Balaban J connectivity index is 1.65. The van der Waals surface area contributed by atoms with Gasteiger partial charge in [-0.2, -0.15) is 0 Å². The van der Waals surface area contributed by atoms with E-state index in [1.165, 1.54) is 0 Å². The molecule has 6 heteroatoms. The number of carbonyl (C=O) groups is 2. The molecule has 1 aromatic carbocycles. The first-order valence-electron chi connectivity index (χ1n) is 6.65. The van der Waals surface area contributed by atoms with Gasteiger partial charge in [0.05, 0.1) is 23.8 Å². The van der Waals surface area contributed by atoms with Gasteiger partial charge in [-0.05, 0) is 17.7 Å². The fourth-order valence-corrected chi connectivity index (χ4v) is 2.46. The van der Waals surface area contributed by atoms with Gasteiger partial charge in [-0.1, -0.05) is 6.07 Å². The number of aromatic nitrogens is 2. The Hall–Kier alpha value is -2.37. The van der Waals surface area contributed by atoms with Gasteiger partial charge in [0, 0.05) is 26.2 Å². The summed E-state index contributed by atoms with van der Waals surface area (Å²) < 4.78 is 0. The van der Waals surface area contributed by atoms with Crippen molar-refractivity contribution in [1.82, 2.24) is 19.8 Å². The van der Waals surface area contributed by atoms with E-state index in [0.29, 0.717) is 32.6 Å². The van der Waals surface area contributed by atoms with Crippen LogP contribution in [-0.4, -0.2) is 58.3 Å². The molecule has 0 aliphatic carbocycles. The van der Waals surface area contributed by atoms with Crippen molar-refractivity contribution in [2.24, 2.45) is 0 Å². The average molecular weight is 272 g/mol. The van der Waals surface area contributed by atoms with Crippen LogP contribution < -0.4 is 0 Å². The number of hydrogen-bond donors (Lipinski definition) is 1. The normalized spacial score (nSPS) is 15.6. The predicted octanol–water partition coefficient (Wildman–Crippen LogP) is 0.406. The first-order valence-corrected chi connectivity index (χ1v) is 6.65. The number of H-pyrrole nitrogens is 1. The quantitative estimate of drug-likeness (QED) is 0.823. The van der Waals surface area contributed by atoms with Crippen LogP contribution in [0.4, 0.5) is 0 Å². The molecule has 3 rings (SSSR count). The molecule has 0 atom stereocenters. The van der Waals surface area contributed by atoms with Gasteiger partial charge in [0.25, 0.3) is 0 Å². The van der Waals surface area contributed by atoms with Crippen LogP contribution in [-0.2, 0) is 16.0 Å². The Morgan fingerprint density at radius 2 is 2.10 bits per heavy atom. The van der Waals surface area contributed by atoms with Crippen LogP contribution in [0.25, 0.3) is 11.0 Å². The average Bonchev–Trinajstić information content (AvgIpc) is 2.95. The van der Waals surface area contributed by atoms with Gasteiger partial charge in [-0.15, -0.1) is 0 Å². The van der Waals surface area contributed by atoms with Crippen LogP contribution in [0, 0.1) is 0 Å². The van der Waals surface area contributed by atoms with Crippen molar-refractivity contribution < 1.29 is 9.59 Å². The fourth-order valence-electron chi connectivity index (χ4n) is 2.46. The van der Waals surface area contributed by atoms with E-state index in [0.717, 1.165) is 23.0 Å². The summed E-state index contributed by atoms with van der Waals surface area (Å²) in [6.07, 6.45) is 2.87. The van der Waals surface area contributed by atoms with Crippen LogP contribution in [0.1, 0.15) is 5.56 Å². The maximum absolute atomic E-state index is 12.2. The summed E-state index contributed by atoms with van der Waals surface area (Å²) >= 11 is 0. The first-order chi connectivity index (χ1) is 9.76. The topological polar surface area (TPSA) is 69.3 Å². The van der Waals surface area contributed by atoms with Crippen molar-refractivity contribution in [1.29, 1.82) is 0 Å². The summed E-state index contributed by atoms with van der Waals surface area (Å²) in [5.41, 5.74) is 2.83. The molecule has 1 saturated heterocycles. The molecule has 1 aromatic heterocycles. The van der Waals surface area contributed by atoms with Gasteiger partial charge >= 0.3 is 0 Å². The Morgan fingerprint density at radius 1 is 1.30 bits per heavy atom. The molecule has 0 radical (unpaired) electrons. The van der Waals surface area contributed by atoms with E-state index in [-0.39, 0.29) is 5.91 Å². The van der Waals surface area contributed by atoms with E-state index in [9.17, 15) is 9.59 Å². The van der Waals surface area contributed by atoms with E-state index in [1.807, 2.05) is 23.1 Å². The second-order valence-corrected chi connectivity index (χ2v) is 4.95. The molecule has 0 saturated carbocycles. The molecule has 1 aliphatic heterocycles. The molecule has 1 N–H and O–H groups in total. The highest BCUT2D eigenvalue weighted by molar-refractivity contribution is 5.81. The number of rotatable bonds is 3. The van der Waals surface area contributed by atoms with Gasteiger partial charge in [0.15, 0.2) is 0 Å². The molecule has 2 aromatic rings. The molecule has 104 valence electrons. The van der Waals surface area contributed by atoms with Gasteiger partial charge in [-0.25, -0.2) is 4.98 Å². The molecule has 0 spiro atoms. The SMILES string of the molecule is O=CN1CCN(C(=O)Cc2ccc3nc[nH]c3c2)CC1. The van der Waals surface area contributed by atoms with Gasteiger partial charge in [0.2, 0.25) is 12.3 Å². The van der Waals surface area contributed by atoms with E-state index >= 15 is 0 Å². The largest absolute Gasteiger partial charge is 0.345 e. The zero-order chi connectivity index (χ0) is 13.9. The minimum absolute atomic E-state index is 0.106. The summed E-state index contributed by atoms with van der Waals surface area (Å²) in [4.78, 5) is 33.6. The summed E-state index contributed by atoms with van der Waals surface area (Å²) in [5.74, 6) is 0.106. The Bertz CT molecular complexity index is 629. The van der Waals surface area contributed by atoms with Crippen molar-refractivity contribution in [3.63, 3.8) is 0 Å². The highest BCUT2D eigenvalue weighted by Gasteiger charge is 2.20. The molecule has 0 bridgehead atoms. The summed E-state index contributed by atoms with van der Waals surface area (Å²) in [7, 11) is 0. The van der Waals surface area contributed by atoms with Crippen molar-refractivity contribution in [3.05, 3.63) is 30.1 Å². The number of hydrogen-bond acceptors (Lipinski definition) is 3. The number of aromatic amines is 1. The van der Waals surface area contributed by atoms with Crippen molar-refractivity contribution in [2.75, 3.05) is 26.2 Å². The highest BCUT2D eigenvalue weighted by Crippen LogP contribution is 2.13. The lowest BCUT2D eigenvalue weighted by Gasteiger charge is -2.32. The summed E-state index contributed by atoms with van der Waals surface area (Å²) in [5, 5.41) is 0. The number of fused-ring (bicyclic) bond motifs is 1. The number of benzene rings is 1. The van der Waals surface area contributed by atoms with Crippen LogP contribution in [0.3, 0.4) is 0 Å². The molecular formula is C14H16N4O2. The van der Waals surface area contributed by atoms with Crippen LogP contribution in [0.5, 0.6) is 0 Å². The van der Waals surface area contributed by atoms with Crippen LogP contribution in [0.15, 0.2) is 24.5 Å². The number of imidazole rings is 1. The number of nitrogens with one attached hydrogen (secondary N) is 1. The molecule has 2 heterocycles. The highest BCUT2D eigenvalue weighted by atomic mass is 16.2. The van der Waals surface area contributed by atoms with E-state index < -0.39 is 0 Å². The smallest absolute Gasteiger partial charge is 0.227 e. The van der Waals surface area contributed by atoms with Crippen molar-refractivity contribution in [2.45, 2.75) is 6.42 Å². The maximum Gasteiger partial charge on any atom is 0.227 e. The lowest BCUT2D eigenvalue weighted by molar-refractivity contribution is -0.134. The third kappa shape index (κ3) is 2.49. The summed E-state index contributed by atoms with van der Waals surface area (Å²) in [6, 6.07) is 5.81. The van der Waals surface area contributed by atoms with Crippen molar-refractivity contribution in [3.8, 4) is 0 Å². The molecule has 1 aliphatic rings. The number of amides is 2. The molecule has 2 amide bonds. The first kappa shape index (κ1) is 12.7. The zero-order valence-corrected chi connectivity index (χ0v) is 11.1. The third-order valence-corrected chi connectivity index (χ3v) is 3.66. The number of piperazine rings is 1. The lowest BCUT2D eigenvalue weighted by atomic mass is 10.1.